The van der Waals surface area contributed by atoms with E-state index in [9.17, 15) is 4.79 Å². The highest BCUT2D eigenvalue weighted by atomic mass is 16.2. The molecule has 5 rings (SSSR count). The summed E-state index contributed by atoms with van der Waals surface area (Å²) < 4.78 is 0. The quantitative estimate of drug-likeness (QED) is 0.564. The second-order valence-electron chi connectivity index (χ2n) is 9.35. The molecule has 5 nitrogen and oxygen atoms in total. The molecule has 2 aliphatic heterocycles. The number of amides is 1. The Morgan fingerprint density at radius 1 is 0.559 bits per heavy atom. The van der Waals surface area contributed by atoms with Crippen LogP contribution in [0.4, 0.5) is 5.69 Å². The van der Waals surface area contributed by atoms with Gasteiger partial charge in [-0.25, -0.2) is 0 Å². The lowest BCUT2D eigenvalue weighted by molar-refractivity contribution is 0.0746. The summed E-state index contributed by atoms with van der Waals surface area (Å²) in [5, 5.41) is 0. The van der Waals surface area contributed by atoms with E-state index in [-0.39, 0.29) is 5.91 Å². The van der Waals surface area contributed by atoms with Crippen molar-refractivity contribution >= 4 is 11.6 Å². The van der Waals surface area contributed by atoms with Gasteiger partial charge >= 0.3 is 0 Å². The lowest BCUT2D eigenvalue weighted by atomic mass is 10.1. The van der Waals surface area contributed by atoms with Crippen LogP contribution in [0.15, 0.2) is 84.9 Å². The number of hydrogen-bond donors (Lipinski definition) is 0. The first-order chi connectivity index (χ1) is 16.7. The molecule has 0 saturated carbocycles. The number of benzene rings is 3. The number of piperazine rings is 2. The van der Waals surface area contributed by atoms with Crippen molar-refractivity contribution in [2.45, 2.75) is 13.1 Å². The van der Waals surface area contributed by atoms with Crippen LogP contribution in [0.2, 0.25) is 0 Å². The van der Waals surface area contributed by atoms with Gasteiger partial charge in [0, 0.05) is 76.7 Å². The molecule has 2 saturated heterocycles. The molecule has 3 aromatic carbocycles. The highest BCUT2D eigenvalue weighted by molar-refractivity contribution is 5.94. The summed E-state index contributed by atoms with van der Waals surface area (Å²) in [5.74, 6) is 0.147. The molecule has 0 aromatic heterocycles. The average molecular weight is 455 g/mol. The van der Waals surface area contributed by atoms with Crippen molar-refractivity contribution in [1.29, 1.82) is 0 Å². The molecule has 2 aliphatic rings. The van der Waals surface area contributed by atoms with Gasteiger partial charge in [-0.3, -0.25) is 14.6 Å². The molecule has 0 spiro atoms. The molecule has 0 bridgehead atoms. The number of nitrogens with zero attached hydrogens (tertiary/aromatic N) is 4. The van der Waals surface area contributed by atoms with Crippen LogP contribution in [0.5, 0.6) is 0 Å². The van der Waals surface area contributed by atoms with E-state index in [1.807, 2.05) is 23.1 Å². The largest absolute Gasteiger partial charge is 0.368 e. The first kappa shape index (κ1) is 22.6. The number of para-hydroxylation sites is 1. The fraction of sp³-hybridized carbons (Fsp3) is 0.345. The predicted octanol–water partition coefficient (Wildman–Crippen LogP) is 3.97. The van der Waals surface area contributed by atoms with Crippen molar-refractivity contribution in [3.63, 3.8) is 0 Å². The maximum atomic E-state index is 13.0. The van der Waals surface area contributed by atoms with Gasteiger partial charge < -0.3 is 9.80 Å². The third kappa shape index (κ3) is 5.66. The van der Waals surface area contributed by atoms with Crippen LogP contribution in [0.3, 0.4) is 0 Å². The van der Waals surface area contributed by atoms with Gasteiger partial charge in [0.2, 0.25) is 0 Å². The highest BCUT2D eigenvalue weighted by Gasteiger charge is 2.22. The van der Waals surface area contributed by atoms with E-state index in [2.05, 4.69) is 81.4 Å². The molecular formula is C29H34N4O. The van der Waals surface area contributed by atoms with Gasteiger partial charge in [0.25, 0.3) is 5.91 Å². The lowest BCUT2D eigenvalue weighted by Crippen LogP contribution is -2.48. The minimum absolute atomic E-state index is 0.147. The maximum absolute atomic E-state index is 13.0. The van der Waals surface area contributed by atoms with Gasteiger partial charge in [0.1, 0.15) is 0 Å². The van der Waals surface area contributed by atoms with Crippen LogP contribution in [-0.4, -0.2) is 73.0 Å². The molecule has 0 radical (unpaired) electrons. The summed E-state index contributed by atoms with van der Waals surface area (Å²) in [6, 6.07) is 29.4. The highest BCUT2D eigenvalue weighted by Crippen LogP contribution is 2.18. The average Bonchev–Trinajstić information content (AvgIpc) is 2.91. The second-order valence-corrected chi connectivity index (χ2v) is 9.35. The third-order valence-electron chi connectivity index (χ3n) is 7.01. The van der Waals surface area contributed by atoms with Crippen LogP contribution in [0.25, 0.3) is 0 Å². The van der Waals surface area contributed by atoms with Crippen LogP contribution < -0.4 is 4.90 Å². The number of rotatable bonds is 6. The van der Waals surface area contributed by atoms with Crippen molar-refractivity contribution in [2.75, 3.05) is 57.3 Å². The van der Waals surface area contributed by atoms with Gasteiger partial charge in [-0.1, -0.05) is 60.7 Å². The zero-order valence-electron chi connectivity index (χ0n) is 19.9. The van der Waals surface area contributed by atoms with E-state index in [1.54, 1.807) is 0 Å². The molecule has 0 N–H and O–H groups in total. The summed E-state index contributed by atoms with van der Waals surface area (Å²) in [6.45, 7) is 9.63. The Morgan fingerprint density at radius 3 is 1.62 bits per heavy atom. The van der Waals surface area contributed by atoms with Crippen molar-refractivity contribution in [1.82, 2.24) is 14.7 Å². The molecule has 5 heteroatoms. The SMILES string of the molecule is O=C(c1ccc(CN2CCN(Cc3ccccc3)CC2)cc1)N1CCN(c2ccccc2)CC1. The minimum Gasteiger partial charge on any atom is -0.368 e. The molecule has 34 heavy (non-hydrogen) atoms. The first-order valence-corrected chi connectivity index (χ1v) is 12.4. The molecule has 176 valence electrons. The van der Waals surface area contributed by atoms with Gasteiger partial charge in [0.05, 0.1) is 0 Å². The van der Waals surface area contributed by atoms with E-state index < -0.39 is 0 Å². The van der Waals surface area contributed by atoms with E-state index in [0.717, 1.165) is 71.0 Å². The molecule has 2 fully saturated rings. The number of carbonyl (C=O) groups is 1. The van der Waals surface area contributed by atoms with Crippen LogP contribution in [-0.2, 0) is 13.1 Å². The van der Waals surface area contributed by atoms with E-state index in [1.165, 1.54) is 16.8 Å². The number of hydrogen-bond acceptors (Lipinski definition) is 4. The van der Waals surface area contributed by atoms with E-state index in [0.29, 0.717) is 0 Å². The Labute approximate surface area is 203 Å². The molecule has 0 atom stereocenters. The number of anilines is 1. The standard InChI is InChI=1S/C29H34N4O/c34-29(33-21-19-32(20-22-33)28-9-5-2-6-10-28)27-13-11-26(12-14-27)24-31-17-15-30(16-18-31)23-25-7-3-1-4-8-25/h1-14H,15-24H2. The molecular weight excluding hydrogens is 420 g/mol. The van der Waals surface area contributed by atoms with Gasteiger partial charge in [0.15, 0.2) is 0 Å². The van der Waals surface area contributed by atoms with E-state index >= 15 is 0 Å². The van der Waals surface area contributed by atoms with Crippen LogP contribution >= 0.6 is 0 Å². The molecule has 1 amide bonds. The normalized spacial score (nSPS) is 17.6. The summed E-state index contributed by atoms with van der Waals surface area (Å²) in [5.41, 5.74) is 4.70. The van der Waals surface area contributed by atoms with Gasteiger partial charge in [-0.2, -0.15) is 0 Å². The fourth-order valence-corrected chi connectivity index (χ4v) is 4.95. The Bertz CT molecular complexity index is 1040. The van der Waals surface area contributed by atoms with Gasteiger partial charge in [-0.15, -0.1) is 0 Å². The van der Waals surface area contributed by atoms with Crippen molar-refractivity contribution in [3.8, 4) is 0 Å². The Hall–Kier alpha value is -3.15. The van der Waals surface area contributed by atoms with Gasteiger partial charge in [-0.05, 0) is 35.4 Å². The third-order valence-corrected chi connectivity index (χ3v) is 7.01. The summed E-state index contributed by atoms with van der Waals surface area (Å²) >= 11 is 0. The maximum Gasteiger partial charge on any atom is 0.253 e. The topological polar surface area (TPSA) is 30.0 Å². The second kappa shape index (κ2) is 10.9. The molecule has 0 aliphatic carbocycles. The first-order valence-electron chi connectivity index (χ1n) is 12.4. The molecule has 3 aromatic rings. The van der Waals surface area contributed by atoms with Crippen molar-refractivity contribution in [2.24, 2.45) is 0 Å². The fourth-order valence-electron chi connectivity index (χ4n) is 4.95. The molecule has 0 unspecified atom stereocenters. The Balaban J connectivity index is 1.08. The van der Waals surface area contributed by atoms with Crippen LogP contribution in [0.1, 0.15) is 21.5 Å². The minimum atomic E-state index is 0.147. The monoisotopic (exact) mass is 454 g/mol. The summed E-state index contributed by atoms with van der Waals surface area (Å²) in [7, 11) is 0. The van der Waals surface area contributed by atoms with E-state index in [4.69, 9.17) is 0 Å². The summed E-state index contributed by atoms with van der Waals surface area (Å²) in [6.07, 6.45) is 0. The lowest BCUT2D eigenvalue weighted by Gasteiger charge is -2.36. The smallest absolute Gasteiger partial charge is 0.253 e. The Kier molecular flexibility index (Phi) is 7.22. The zero-order valence-corrected chi connectivity index (χ0v) is 19.9. The van der Waals surface area contributed by atoms with Crippen molar-refractivity contribution < 1.29 is 4.79 Å². The van der Waals surface area contributed by atoms with Crippen LogP contribution in [0, 0.1) is 0 Å². The van der Waals surface area contributed by atoms with Crippen molar-refractivity contribution in [3.05, 3.63) is 102 Å². The summed E-state index contributed by atoms with van der Waals surface area (Å²) in [4.78, 5) is 22.4. The Morgan fingerprint density at radius 2 is 1.06 bits per heavy atom. The number of carbonyl (C=O) groups excluding carboxylic acids is 1. The zero-order chi connectivity index (χ0) is 23.2. The molecule has 2 heterocycles. The predicted molar refractivity (Wildman–Crippen MR) is 138 cm³/mol.